The van der Waals surface area contributed by atoms with E-state index in [-0.39, 0.29) is 0 Å². The van der Waals surface area contributed by atoms with Crippen molar-refractivity contribution in [3.63, 3.8) is 0 Å². The average molecular weight is 272 g/mol. The number of aryl methyl sites for hydroxylation is 1. The van der Waals surface area contributed by atoms with Crippen LogP contribution in [0.2, 0.25) is 5.02 Å². The predicted molar refractivity (Wildman–Crippen MR) is 61.0 cm³/mol. The first kappa shape index (κ1) is 9.74. The van der Waals surface area contributed by atoms with E-state index >= 15 is 0 Å². The number of hydrogen-bond acceptors (Lipinski definition) is 1. The Kier molecular flexibility index (Phi) is 2.61. The van der Waals surface area contributed by atoms with Gasteiger partial charge in [-0.05, 0) is 53.2 Å². The molecule has 0 atom stereocenters. The van der Waals surface area contributed by atoms with Gasteiger partial charge in [-0.2, -0.15) is 5.10 Å². The van der Waals surface area contributed by atoms with Crippen molar-refractivity contribution in [1.29, 1.82) is 0 Å². The van der Waals surface area contributed by atoms with Crippen LogP contribution in [0, 0.1) is 6.92 Å². The fraction of sp³-hybridized carbons (Fsp3) is 0.100. The summed E-state index contributed by atoms with van der Waals surface area (Å²) in [5.74, 6) is 0. The van der Waals surface area contributed by atoms with Gasteiger partial charge in [0.25, 0.3) is 0 Å². The van der Waals surface area contributed by atoms with Crippen molar-refractivity contribution in [2.45, 2.75) is 6.92 Å². The van der Waals surface area contributed by atoms with Gasteiger partial charge in [0, 0.05) is 5.02 Å². The van der Waals surface area contributed by atoms with Gasteiger partial charge in [0.15, 0.2) is 0 Å². The minimum atomic E-state index is 0.730. The molecule has 4 heteroatoms. The van der Waals surface area contributed by atoms with Crippen LogP contribution in [0.25, 0.3) is 5.69 Å². The zero-order valence-corrected chi connectivity index (χ0v) is 9.88. The molecule has 0 N–H and O–H groups in total. The van der Waals surface area contributed by atoms with E-state index in [2.05, 4.69) is 21.0 Å². The Morgan fingerprint density at radius 2 is 1.93 bits per heavy atom. The third-order valence-corrected chi connectivity index (χ3v) is 2.68. The van der Waals surface area contributed by atoms with E-state index in [1.165, 1.54) is 0 Å². The maximum atomic E-state index is 5.80. The van der Waals surface area contributed by atoms with E-state index < -0.39 is 0 Å². The SMILES string of the molecule is Cc1cc(Br)n(-c2ccc(Cl)cc2)n1. The average Bonchev–Trinajstić information content (AvgIpc) is 2.47. The Morgan fingerprint density at radius 1 is 1.29 bits per heavy atom. The molecular weight excluding hydrogens is 263 g/mol. The maximum absolute atomic E-state index is 5.80. The van der Waals surface area contributed by atoms with Crippen LogP contribution in [0.1, 0.15) is 5.69 Å². The number of benzene rings is 1. The van der Waals surface area contributed by atoms with Crippen LogP contribution in [0.4, 0.5) is 0 Å². The standard InChI is InChI=1S/C10H8BrClN2/c1-7-6-10(11)14(13-7)9-4-2-8(12)3-5-9/h2-6H,1H3. The third kappa shape index (κ3) is 1.83. The highest BCUT2D eigenvalue weighted by Gasteiger charge is 2.03. The summed E-state index contributed by atoms with van der Waals surface area (Å²) >= 11 is 9.24. The molecule has 1 aromatic carbocycles. The van der Waals surface area contributed by atoms with Crippen LogP contribution in [-0.4, -0.2) is 9.78 Å². The van der Waals surface area contributed by atoms with E-state index in [9.17, 15) is 0 Å². The van der Waals surface area contributed by atoms with Gasteiger partial charge in [-0.15, -0.1) is 0 Å². The topological polar surface area (TPSA) is 17.8 Å². The van der Waals surface area contributed by atoms with Crippen molar-refractivity contribution < 1.29 is 0 Å². The van der Waals surface area contributed by atoms with Gasteiger partial charge < -0.3 is 0 Å². The smallest absolute Gasteiger partial charge is 0.110 e. The summed E-state index contributed by atoms with van der Waals surface area (Å²) in [7, 11) is 0. The summed E-state index contributed by atoms with van der Waals surface area (Å²) in [6.45, 7) is 1.96. The van der Waals surface area contributed by atoms with Crippen molar-refractivity contribution in [2.24, 2.45) is 0 Å². The molecule has 0 fully saturated rings. The highest BCUT2D eigenvalue weighted by Crippen LogP contribution is 2.19. The minimum Gasteiger partial charge on any atom is -0.226 e. The van der Waals surface area contributed by atoms with Gasteiger partial charge in [0.1, 0.15) is 4.60 Å². The second kappa shape index (κ2) is 3.75. The third-order valence-electron chi connectivity index (χ3n) is 1.86. The highest BCUT2D eigenvalue weighted by atomic mass is 79.9. The minimum absolute atomic E-state index is 0.730. The van der Waals surface area contributed by atoms with Gasteiger partial charge in [-0.25, -0.2) is 4.68 Å². The van der Waals surface area contributed by atoms with Gasteiger partial charge in [0.05, 0.1) is 11.4 Å². The summed E-state index contributed by atoms with van der Waals surface area (Å²) in [4.78, 5) is 0. The summed E-state index contributed by atoms with van der Waals surface area (Å²) in [6, 6.07) is 9.52. The van der Waals surface area contributed by atoms with Crippen molar-refractivity contribution in [3.05, 3.63) is 45.7 Å². The molecule has 2 aromatic rings. The van der Waals surface area contributed by atoms with E-state index in [1.54, 1.807) is 0 Å². The first-order chi connectivity index (χ1) is 6.66. The normalized spacial score (nSPS) is 10.5. The molecule has 0 amide bonds. The molecule has 0 saturated carbocycles. The van der Waals surface area contributed by atoms with Crippen molar-refractivity contribution in [2.75, 3.05) is 0 Å². The Morgan fingerprint density at radius 3 is 2.43 bits per heavy atom. The van der Waals surface area contributed by atoms with Crippen LogP contribution in [0.5, 0.6) is 0 Å². The van der Waals surface area contributed by atoms with E-state index in [0.29, 0.717) is 0 Å². The molecular formula is C10H8BrClN2. The van der Waals surface area contributed by atoms with Crippen molar-refractivity contribution >= 4 is 27.5 Å². The van der Waals surface area contributed by atoms with Crippen LogP contribution in [0.15, 0.2) is 34.9 Å². The zero-order valence-electron chi connectivity index (χ0n) is 7.54. The number of halogens is 2. The molecule has 1 heterocycles. The Hall–Kier alpha value is -0.800. The molecule has 0 spiro atoms. The lowest BCUT2D eigenvalue weighted by Crippen LogP contribution is -1.96. The zero-order chi connectivity index (χ0) is 10.1. The lowest BCUT2D eigenvalue weighted by atomic mass is 10.3. The molecule has 2 rings (SSSR count). The molecule has 0 bridgehead atoms. The molecule has 2 nitrogen and oxygen atoms in total. The Balaban J connectivity index is 2.49. The summed E-state index contributed by atoms with van der Waals surface area (Å²) in [5, 5.41) is 5.07. The van der Waals surface area contributed by atoms with E-state index in [4.69, 9.17) is 11.6 Å². The predicted octanol–water partition coefficient (Wildman–Crippen LogP) is 3.60. The maximum Gasteiger partial charge on any atom is 0.110 e. The summed E-state index contributed by atoms with van der Waals surface area (Å²) in [5.41, 5.74) is 1.97. The Bertz CT molecular complexity index is 448. The van der Waals surface area contributed by atoms with Crippen LogP contribution >= 0.6 is 27.5 Å². The van der Waals surface area contributed by atoms with Crippen molar-refractivity contribution in [1.82, 2.24) is 9.78 Å². The second-order valence-electron chi connectivity index (χ2n) is 3.00. The van der Waals surface area contributed by atoms with Crippen molar-refractivity contribution in [3.8, 4) is 5.69 Å². The molecule has 0 aliphatic heterocycles. The van der Waals surface area contributed by atoms with E-state index in [0.717, 1.165) is 21.0 Å². The van der Waals surface area contributed by atoms with E-state index in [1.807, 2.05) is 41.9 Å². The van der Waals surface area contributed by atoms with Crippen LogP contribution in [0.3, 0.4) is 0 Å². The van der Waals surface area contributed by atoms with Gasteiger partial charge in [0.2, 0.25) is 0 Å². The quantitative estimate of drug-likeness (QED) is 0.775. The lowest BCUT2D eigenvalue weighted by Gasteiger charge is -2.02. The molecule has 72 valence electrons. The van der Waals surface area contributed by atoms with Gasteiger partial charge in [-0.1, -0.05) is 11.6 Å². The fourth-order valence-electron chi connectivity index (χ4n) is 1.23. The number of aromatic nitrogens is 2. The molecule has 0 aliphatic carbocycles. The molecule has 14 heavy (non-hydrogen) atoms. The van der Waals surface area contributed by atoms with Gasteiger partial charge in [-0.3, -0.25) is 0 Å². The number of nitrogens with zero attached hydrogens (tertiary/aromatic N) is 2. The molecule has 0 radical (unpaired) electrons. The fourth-order valence-corrected chi connectivity index (χ4v) is 1.97. The highest BCUT2D eigenvalue weighted by molar-refractivity contribution is 9.10. The van der Waals surface area contributed by atoms with Crippen LogP contribution < -0.4 is 0 Å². The summed E-state index contributed by atoms with van der Waals surface area (Å²) in [6.07, 6.45) is 0. The Labute approximate surface area is 95.6 Å². The molecule has 0 unspecified atom stereocenters. The summed E-state index contributed by atoms with van der Waals surface area (Å²) < 4.78 is 2.77. The first-order valence-corrected chi connectivity index (χ1v) is 5.32. The molecule has 0 saturated heterocycles. The molecule has 1 aromatic heterocycles. The number of hydrogen-bond donors (Lipinski definition) is 0. The van der Waals surface area contributed by atoms with Crippen LogP contribution in [-0.2, 0) is 0 Å². The largest absolute Gasteiger partial charge is 0.226 e. The first-order valence-electron chi connectivity index (χ1n) is 4.15. The monoisotopic (exact) mass is 270 g/mol. The second-order valence-corrected chi connectivity index (χ2v) is 4.25. The lowest BCUT2D eigenvalue weighted by molar-refractivity contribution is 0.845. The molecule has 0 aliphatic rings. The number of rotatable bonds is 1. The van der Waals surface area contributed by atoms with Gasteiger partial charge >= 0.3 is 0 Å².